The van der Waals surface area contributed by atoms with Gasteiger partial charge in [-0.3, -0.25) is 9.59 Å². The zero-order chi connectivity index (χ0) is 19.0. The fourth-order valence-corrected chi connectivity index (χ4v) is 2.48. The molecule has 0 aliphatic rings. The average Bonchev–Trinajstić information content (AvgIpc) is 2.67. The van der Waals surface area contributed by atoms with Crippen molar-refractivity contribution in [3.8, 4) is 23.7 Å². The maximum atomic E-state index is 12.0. The van der Waals surface area contributed by atoms with Crippen LogP contribution >= 0.6 is 0 Å². The Balaban J connectivity index is 2.47. The summed E-state index contributed by atoms with van der Waals surface area (Å²) in [6, 6.07) is 6.63. The van der Waals surface area contributed by atoms with Crippen LogP contribution in [-0.4, -0.2) is 11.6 Å². The summed E-state index contributed by atoms with van der Waals surface area (Å²) >= 11 is 0. The Bertz CT molecular complexity index is 614. The third-order valence-corrected chi connectivity index (χ3v) is 4.12. The second-order valence-corrected chi connectivity index (χ2v) is 6.46. The fourth-order valence-electron chi connectivity index (χ4n) is 2.48. The maximum absolute atomic E-state index is 12.0. The molecular weight excluding hydrogens is 320 g/mol. The van der Waals surface area contributed by atoms with Gasteiger partial charge in [-0.2, -0.15) is 0 Å². The molecule has 2 nitrogen and oxygen atoms in total. The Morgan fingerprint density at radius 3 is 1.38 bits per heavy atom. The Morgan fingerprint density at radius 2 is 1.04 bits per heavy atom. The summed E-state index contributed by atoms with van der Waals surface area (Å²) in [5, 5.41) is 0. The first kappa shape index (κ1) is 21.7. The number of Topliss-reactive ketones (excluding diaryl/α,β-unsaturated/α-hetero) is 2. The summed E-state index contributed by atoms with van der Waals surface area (Å²) in [5.74, 6) is 10.9. The Labute approximate surface area is 158 Å². The normalized spacial score (nSPS) is 9.62. The van der Waals surface area contributed by atoms with Crippen LogP contribution in [-0.2, 0) is 0 Å². The van der Waals surface area contributed by atoms with Gasteiger partial charge in [0.25, 0.3) is 0 Å². The molecule has 26 heavy (non-hydrogen) atoms. The van der Waals surface area contributed by atoms with Crippen LogP contribution in [0, 0.1) is 23.7 Å². The molecule has 0 unspecified atom stereocenters. The molecule has 0 saturated carbocycles. The first-order valence-electron chi connectivity index (χ1n) is 9.85. The lowest BCUT2D eigenvalue weighted by Gasteiger charge is -1.97. The lowest BCUT2D eigenvalue weighted by atomic mass is 10.1. The van der Waals surface area contributed by atoms with Gasteiger partial charge in [0.2, 0.25) is 11.6 Å². The van der Waals surface area contributed by atoms with Crippen LogP contribution in [0.2, 0.25) is 0 Å². The Kier molecular flexibility index (Phi) is 11.6. The third-order valence-electron chi connectivity index (χ3n) is 4.12. The van der Waals surface area contributed by atoms with Crippen LogP contribution in [0.1, 0.15) is 98.8 Å². The van der Waals surface area contributed by atoms with Gasteiger partial charge in [-0.1, -0.05) is 64.2 Å². The van der Waals surface area contributed by atoms with Gasteiger partial charge in [0.1, 0.15) is 0 Å². The summed E-state index contributed by atoms with van der Waals surface area (Å²) in [6.45, 7) is 4.34. The van der Waals surface area contributed by atoms with E-state index < -0.39 is 0 Å². The van der Waals surface area contributed by atoms with Gasteiger partial charge in [-0.25, -0.2) is 0 Å². The van der Waals surface area contributed by atoms with Crippen molar-refractivity contribution in [3.63, 3.8) is 0 Å². The average molecular weight is 351 g/mol. The monoisotopic (exact) mass is 350 g/mol. The number of hydrogen-bond donors (Lipinski definition) is 0. The predicted molar refractivity (Wildman–Crippen MR) is 108 cm³/mol. The second-order valence-electron chi connectivity index (χ2n) is 6.46. The molecule has 2 heteroatoms. The van der Waals surface area contributed by atoms with Gasteiger partial charge >= 0.3 is 0 Å². The number of ketones is 2. The van der Waals surface area contributed by atoms with Crippen LogP contribution in [0.4, 0.5) is 0 Å². The van der Waals surface area contributed by atoms with Crippen molar-refractivity contribution in [1.82, 2.24) is 0 Å². The quantitative estimate of drug-likeness (QED) is 0.224. The SMILES string of the molecule is CCCCCCC#CC(=O)c1ccc(C(=O)C#CCCCCCC)cc1. The second kappa shape index (κ2) is 13.9. The molecule has 0 aliphatic heterocycles. The highest BCUT2D eigenvalue weighted by Gasteiger charge is 2.05. The largest absolute Gasteiger partial charge is 0.279 e. The smallest absolute Gasteiger partial charge is 0.235 e. The zero-order valence-corrected chi connectivity index (χ0v) is 16.2. The third kappa shape index (κ3) is 9.24. The summed E-state index contributed by atoms with van der Waals surface area (Å²) < 4.78 is 0. The van der Waals surface area contributed by atoms with E-state index in [1.165, 1.54) is 25.7 Å². The molecule has 0 fully saturated rings. The molecule has 0 aliphatic carbocycles. The van der Waals surface area contributed by atoms with Crippen LogP contribution < -0.4 is 0 Å². The van der Waals surface area contributed by atoms with E-state index in [1.807, 2.05) is 0 Å². The van der Waals surface area contributed by atoms with Crippen LogP contribution in [0.25, 0.3) is 0 Å². The molecule has 138 valence electrons. The number of hydrogen-bond acceptors (Lipinski definition) is 2. The summed E-state index contributed by atoms with van der Waals surface area (Å²) in [7, 11) is 0. The Hall–Kier alpha value is -2.32. The number of carbonyl (C=O) groups excluding carboxylic acids is 2. The molecule has 0 atom stereocenters. The minimum atomic E-state index is -0.193. The zero-order valence-electron chi connectivity index (χ0n) is 16.2. The molecule has 0 aromatic heterocycles. The van der Waals surface area contributed by atoms with Gasteiger partial charge in [-0.05, 0) is 48.9 Å². The standard InChI is InChI=1S/C24H30O2/c1-3-5-7-9-11-13-15-23(25)21-17-19-22(20-18-21)24(26)16-14-12-10-8-6-4-2/h17-20H,3-12H2,1-2H3. The minimum Gasteiger partial charge on any atom is -0.279 e. The van der Waals surface area contributed by atoms with Crippen molar-refractivity contribution < 1.29 is 9.59 Å². The van der Waals surface area contributed by atoms with Gasteiger partial charge < -0.3 is 0 Å². The van der Waals surface area contributed by atoms with Crippen LogP contribution in [0.5, 0.6) is 0 Å². The van der Waals surface area contributed by atoms with E-state index in [-0.39, 0.29) is 11.6 Å². The molecule has 0 amide bonds. The van der Waals surface area contributed by atoms with E-state index >= 15 is 0 Å². The molecule has 0 N–H and O–H groups in total. The molecule has 0 bridgehead atoms. The van der Waals surface area contributed by atoms with E-state index in [4.69, 9.17) is 0 Å². The predicted octanol–water partition coefficient (Wildman–Crippen LogP) is 6.00. The van der Waals surface area contributed by atoms with Crippen molar-refractivity contribution in [2.24, 2.45) is 0 Å². The highest BCUT2D eigenvalue weighted by molar-refractivity contribution is 6.11. The Morgan fingerprint density at radius 1 is 0.654 bits per heavy atom. The van der Waals surface area contributed by atoms with Gasteiger partial charge in [0.05, 0.1) is 0 Å². The van der Waals surface area contributed by atoms with Crippen molar-refractivity contribution in [2.75, 3.05) is 0 Å². The lowest BCUT2D eigenvalue weighted by Crippen LogP contribution is -1.99. The number of unbranched alkanes of at least 4 members (excludes halogenated alkanes) is 8. The van der Waals surface area contributed by atoms with Gasteiger partial charge in [0, 0.05) is 24.0 Å². The molecule has 0 spiro atoms. The van der Waals surface area contributed by atoms with E-state index in [1.54, 1.807) is 24.3 Å². The molecule has 1 aromatic rings. The van der Waals surface area contributed by atoms with Crippen molar-refractivity contribution in [1.29, 1.82) is 0 Å². The number of carbonyl (C=O) groups is 2. The highest BCUT2D eigenvalue weighted by Crippen LogP contribution is 2.07. The number of benzene rings is 1. The first-order valence-corrected chi connectivity index (χ1v) is 9.85. The summed E-state index contributed by atoms with van der Waals surface area (Å²) in [4.78, 5) is 24.1. The fraction of sp³-hybridized carbons (Fsp3) is 0.500. The summed E-state index contributed by atoms with van der Waals surface area (Å²) in [5.41, 5.74) is 1.05. The van der Waals surface area contributed by atoms with E-state index in [0.717, 1.165) is 38.5 Å². The molecule has 1 aromatic carbocycles. The maximum Gasteiger partial charge on any atom is 0.235 e. The van der Waals surface area contributed by atoms with Gasteiger partial charge in [-0.15, -0.1) is 0 Å². The molecule has 0 saturated heterocycles. The first-order chi connectivity index (χ1) is 12.7. The molecule has 0 heterocycles. The molecule has 0 radical (unpaired) electrons. The molecular formula is C24H30O2. The topological polar surface area (TPSA) is 34.1 Å². The van der Waals surface area contributed by atoms with Crippen molar-refractivity contribution >= 4 is 11.6 Å². The van der Waals surface area contributed by atoms with Crippen molar-refractivity contribution in [2.45, 2.75) is 78.1 Å². The van der Waals surface area contributed by atoms with Crippen molar-refractivity contribution in [3.05, 3.63) is 35.4 Å². The molecule has 1 rings (SSSR count). The number of rotatable bonds is 10. The van der Waals surface area contributed by atoms with E-state index in [9.17, 15) is 9.59 Å². The van der Waals surface area contributed by atoms with E-state index in [2.05, 4.69) is 37.5 Å². The highest BCUT2D eigenvalue weighted by atomic mass is 16.1. The van der Waals surface area contributed by atoms with Gasteiger partial charge in [0.15, 0.2) is 0 Å². The lowest BCUT2D eigenvalue weighted by molar-refractivity contribution is 0.104. The van der Waals surface area contributed by atoms with Crippen LogP contribution in [0.3, 0.4) is 0 Å². The summed E-state index contributed by atoms with van der Waals surface area (Å²) in [6.07, 6.45) is 10.7. The van der Waals surface area contributed by atoms with E-state index in [0.29, 0.717) is 11.1 Å². The van der Waals surface area contributed by atoms with Crippen LogP contribution in [0.15, 0.2) is 24.3 Å². The minimum absolute atomic E-state index is 0.193.